The predicted octanol–water partition coefficient (Wildman–Crippen LogP) is 3.03. The molecule has 2 N–H and O–H groups in total. The van der Waals surface area contributed by atoms with Gasteiger partial charge < -0.3 is 10.2 Å². The lowest BCUT2D eigenvalue weighted by molar-refractivity contribution is 0.218. The third-order valence-electron chi connectivity index (χ3n) is 4.44. The fourth-order valence-electron chi connectivity index (χ4n) is 3.13. The van der Waals surface area contributed by atoms with Crippen molar-refractivity contribution in [1.29, 1.82) is 0 Å². The molecule has 0 bridgehead atoms. The van der Waals surface area contributed by atoms with Gasteiger partial charge in [0, 0.05) is 32.0 Å². The molecular formula is C16H18N4OS. The van der Waals surface area contributed by atoms with Gasteiger partial charge >= 0.3 is 0 Å². The summed E-state index contributed by atoms with van der Waals surface area (Å²) < 4.78 is 6.74. The van der Waals surface area contributed by atoms with E-state index >= 15 is 0 Å². The van der Waals surface area contributed by atoms with Crippen LogP contribution in [0, 0.1) is 0 Å². The molecule has 3 aromatic rings. The number of hydrogen-bond donors (Lipinski definition) is 1. The van der Waals surface area contributed by atoms with Gasteiger partial charge in [-0.15, -0.1) is 11.3 Å². The zero-order chi connectivity index (χ0) is 15.1. The van der Waals surface area contributed by atoms with Crippen LogP contribution in [0.1, 0.15) is 30.0 Å². The van der Waals surface area contributed by atoms with Crippen LogP contribution in [-0.4, -0.2) is 28.0 Å². The highest BCUT2D eigenvalue weighted by Crippen LogP contribution is 2.28. The standard InChI is InChI=1S/C16H18N4OS/c1-10(11-2-3-15-13(8-11)18-9-22-15)20-6-4-12-14(5-7-20)21-16(17)19-12/h2-3,8-10H,4-7H2,1H3,(H2,17,19). The zero-order valence-corrected chi connectivity index (χ0v) is 13.3. The van der Waals surface area contributed by atoms with Crippen molar-refractivity contribution in [3.05, 3.63) is 40.7 Å². The van der Waals surface area contributed by atoms with Crippen molar-refractivity contribution in [3.8, 4) is 0 Å². The van der Waals surface area contributed by atoms with Gasteiger partial charge in [0.1, 0.15) is 5.76 Å². The molecule has 3 heterocycles. The minimum absolute atomic E-state index is 0.292. The van der Waals surface area contributed by atoms with Crippen LogP contribution in [0.25, 0.3) is 10.2 Å². The average molecular weight is 314 g/mol. The number of hydrogen-bond acceptors (Lipinski definition) is 6. The monoisotopic (exact) mass is 314 g/mol. The van der Waals surface area contributed by atoms with Crippen LogP contribution in [0.15, 0.2) is 28.1 Å². The fraction of sp³-hybridized carbons (Fsp3) is 0.375. The van der Waals surface area contributed by atoms with E-state index in [1.165, 1.54) is 10.3 Å². The maximum absolute atomic E-state index is 5.64. The van der Waals surface area contributed by atoms with Crippen molar-refractivity contribution in [2.45, 2.75) is 25.8 Å². The van der Waals surface area contributed by atoms with Gasteiger partial charge in [-0.1, -0.05) is 6.07 Å². The number of nitrogen functional groups attached to an aromatic ring is 1. The molecule has 5 nitrogen and oxygen atoms in total. The van der Waals surface area contributed by atoms with Crippen molar-refractivity contribution in [2.24, 2.45) is 0 Å². The third kappa shape index (κ3) is 2.38. The second-order valence-electron chi connectivity index (χ2n) is 5.71. The Labute approximate surface area is 132 Å². The summed E-state index contributed by atoms with van der Waals surface area (Å²) in [6, 6.07) is 7.23. The maximum atomic E-state index is 5.64. The average Bonchev–Trinajstić information content (AvgIpc) is 3.07. The SMILES string of the molecule is CC(c1ccc2scnc2c1)N1CCc2nc(N)oc2CC1. The van der Waals surface area contributed by atoms with E-state index in [0.717, 1.165) is 42.9 Å². The molecule has 1 aliphatic rings. The van der Waals surface area contributed by atoms with Gasteiger partial charge in [-0.25, -0.2) is 4.98 Å². The lowest BCUT2D eigenvalue weighted by Gasteiger charge is -2.27. The third-order valence-corrected chi connectivity index (χ3v) is 5.25. The number of thiazole rings is 1. The molecule has 22 heavy (non-hydrogen) atoms. The highest BCUT2D eigenvalue weighted by atomic mass is 32.1. The molecule has 0 amide bonds. The topological polar surface area (TPSA) is 68.2 Å². The first kappa shape index (κ1) is 13.7. The van der Waals surface area contributed by atoms with Crippen molar-refractivity contribution in [2.75, 3.05) is 18.8 Å². The van der Waals surface area contributed by atoms with Crippen molar-refractivity contribution in [1.82, 2.24) is 14.9 Å². The predicted molar refractivity (Wildman–Crippen MR) is 87.9 cm³/mol. The Morgan fingerprint density at radius 3 is 3.09 bits per heavy atom. The second-order valence-corrected chi connectivity index (χ2v) is 6.60. The molecule has 1 aliphatic heterocycles. The number of rotatable bonds is 2. The van der Waals surface area contributed by atoms with Crippen molar-refractivity contribution in [3.63, 3.8) is 0 Å². The van der Waals surface area contributed by atoms with Crippen molar-refractivity contribution >= 4 is 27.6 Å². The van der Waals surface area contributed by atoms with E-state index in [9.17, 15) is 0 Å². The van der Waals surface area contributed by atoms with E-state index in [2.05, 4.69) is 40.0 Å². The van der Waals surface area contributed by atoms with E-state index in [1.54, 1.807) is 11.3 Å². The van der Waals surface area contributed by atoms with E-state index in [0.29, 0.717) is 12.1 Å². The summed E-state index contributed by atoms with van der Waals surface area (Å²) in [6.45, 7) is 4.18. The Kier molecular flexibility index (Phi) is 3.35. The largest absolute Gasteiger partial charge is 0.429 e. The number of nitrogens with two attached hydrogens (primary N) is 1. The number of fused-ring (bicyclic) bond motifs is 2. The smallest absolute Gasteiger partial charge is 0.292 e. The molecule has 1 atom stereocenters. The number of aromatic nitrogens is 2. The van der Waals surface area contributed by atoms with Crippen LogP contribution in [-0.2, 0) is 12.8 Å². The van der Waals surface area contributed by atoms with Crippen LogP contribution >= 0.6 is 11.3 Å². The molecule has 114 valence electrons. The highest BCUT2D eigenvalue weighted by Gasteiger charge is 2.23. The van der Waals surface area contributed by atoms with Gasteiger partial charge in [-0.3, -0.25) is 4.90 Å². The molecular weight excluding hydrogens is 296 g/mol. The van der Waals surface area contributed by atoms with E-state index in [-0.39, 0.29) is 0 Å². The summed E-state index contributed by atoms with van der Waals surface area (Å²) >= 11 is 1.68. The first-order valence-corrected chi connectivity index (χ1v) is 8.40. The van der Waals surface area contributed by atoms with Gasteiger partial charge in [-0.2, -0.15) is 4.98 Å². The van der Waals surface area contributed by atoms with Gasteiger partial charge in [0.2, 0.25) is 0 Å². The summed E-state index contributed by atoms with van der Waals surface area (Å²) in [5.74, 6) is 0.946. The molecule has 6 heteroatoms. The number of oxazole rings is 1. The maximum Gasteiger partial charge on any atom is 0.292 e. The molecule has 0 spiro atoms. The molecule has 0 fully saturated rings. The molecule has 1 aromatic carbocycles. The molecule has 2 aromatic heterocycles. The number of anilines is 1. The van der Waals surface area contributed by atoms with Crippen LogP contribution in [0.4, 0.5) is 6.01 Å². The van der Waals surface area contributed by atoms with Crippen molar-refractivity contribution < 1.29 is 4.42 Å². The summed E-state index contributed by atoms with van der Waals surface area (Å²) in [4.78, 5) is 11.2. The Hall–Kier alpha value is -1.92. The van der Waals surface area contributed by atoms with Gasteiger partial charge in [0.15, 0.2) is 0 Å². The fourth-order valence-corrected chi connectivity index (χ4v) is 3.79. The molecule has 0 saturated carbocycles. The summed E-state index contributed by atoms with van der Waals surface area (Å²) in [5.41, 5.74) is 11.0. The normalized spacial score (nSPS) is 17.3. The Bertz CT molecular complexity index is 784. The van der Waals surface area contributed by atoms with E-state index in [4.69, 9.17) is 10.2 Å². The first-order chi connectivity index (χ1) is 10.7. The number of benzene rings is 1. The Balaban J connectivity index is 1.55. The highest BCUT2D eigenvalue weighted by molar-refractivity contribution is 7.16. The van der Waals surface area contributed by atoms with Crippen LogP contribution in [0.5, 0.6) is 0 Å². The van der Waals surface area contributed by atoms with Gasteiger partial charge in [0.05, 0.1) is 21.4 Å². The van der Waals surface area contributed by atoms with Gasteiger partial charge in [0.25, 0.3) is 6.01 Å². The lowest BCUT2D eigenvalue weighted by Crippen LogP contribution is -2.29. The molecule has 0 saturated heterocycles. The molecule has 1 unspecified atom stereocenters. The quantitative estimate of drug-likeness (QED) is 0.787. The van der Waals surface area contributed by atoms with E-state index in [1.807, 2.05) is 5.51 Å². The van der Waals surface area contributed by atoms with Crippen LogP contribution in [0.2, 0.25) is 0 Å². The minimum atomic E-state index is 0.292. The second kappa shape index (κ2) is 5.37. The lowest BCUT2D eigenvalue weighted by atomic mass is 10.1. The molecule has 0 aliphatic carbocycles. The molecule has 0 radical (unpaired) electrons. The Morgan fingerprint density at radius 1 is 1.32 bits per heavy atom. The summed E-state index contributed by atoms with van der Waals surface area (Å²) in [7, 11) is 0. The number of nitrogens with zero attached hydrogens (tertiary/aromatic N) is 3. The summed E-state index contributed by atoms with van der Waals surface area (Å²) in [6.07, 6.45) is 1.75. The van der Waals surface area contributed by atoms with Gasteiger partial charge in [-0.05, 0) is 24.6 Å². The first-order valence-electron chi connectivity index (χ1n) is 7.52. The van der Waals surface area contributed by atoms with Crippen LogP contribution in [0.3, 0.4) is 0 Å². The summed E-state index contributed by atoms with van der Waals surface area (Å²) in [5, 5.41) is 0. The zero-order valence-electron chi connectivity index (χ0n) is 12.5. The molecule has 4 rings (SSSR count). The Morgan fingerprint density at radius 2 is 2.18 bits per heavy atom. The van der Waals surface area contributed by atoms with E-state index < -0.39 is 0 Å². The minimum Gasteiger partial charge on any atom is -0.429 e. The van der Waals surface area contributed by atoms with Crippen LogP contribution < -0.4 is 5.73 Å².